The second-order valence-corrected chi connectivity index (χ2v) is 4.59. The molecule has 1 aliphatic carbocycles. The number of carbonyl (C=O) groups excluding carboxylic acids is 1. The summed E-state index contributed by atoms with van der Waals surface area (Å²) in [4.78, 5) is 11.3. The minimum atomic E-state index is 0.312. The Hall–Kier alpha value is -1.89. The fourth-order valence-corrected chi connectivity index (χ4v) is 2.12. The van der Waals surface area contributed by atoms with Crippen LogP contribution in [0.3, 0.4) is 0 Å². The lowest BCUT2D eigenvalue weighted by molar-refractivity contribution is 0.0972. The number of rotatable bonds is 0. The van der Waals surface area contributed by atoms with E-state index in [0.717, 1.165) is 24.8 Å². The van der Waals surface area contributed by atoms with Crippen LogP contribution in [-0.2, 0) is 6.42 Å². The maximum atomic E-state index is 11.3. The number of carbonyl (C=O) groups is 1. The normalized spacial score (nSPS) is 13.3. The molecule has 0 saturated carbocycles. The van der Waals surface area contributed by atoms with Gasteiger partial charge in [0, 0.05) is 12.0 Å². The first kappa shape index (κ1) is 12.6. The van der Waals surface area contributed by atoms with Gasteiger partial charge in [-0.25, -0.2) is 0 Å². The van der Waals surface area contributed by atoms with Crippen molar-refractivity contribution >= 4 is 5.78 Å². The Morgan fingerprint density at radius 3 is 2.11 bits per heavy atom. The van der Waals surface area contributed by atoms with Gasteiger partial charge >= 0.3 is 0 Å². The number of fused-ring (bicyclic) bond motifs is 1. The lowest BCUT2D eigenvalue weighted by atomic mass is 9.91. The summed E-state index contributed by atoms with van der Waals surface area (Å²) < 4.78 is 0. The smallest absolute Gasteiger partial charge is 0.163 e. The molecule has 0 spiro atoms. The molecule has 0 radical (unpaired) electrons. The van der Waals surface area contributed by atoms with Gasteiger partial charge in [-0.3, -0.25) is 4.79 Å². The quantitative estimate of drug-likeness (QED) is 0.672. The fourth-order valence-electron chi connectivity index (χ4n) is 2.12. The zero-order chi connectivity index (χ0) is 12.8. The molecule has 2 aromatic carbocycles. The minimum Gasteiger partial charge on any atom is -0.294 e. The minimum absolute atomic E-state index is 0.312. The summed E-state index contributed by atoms with van der Waals surface area (Å²) in [7, 11) is 0. The standard InChI is InChI=1S/C10H10O.C7H8/c11-10-7-3-5-8-4-1-2-6-9(8)10;1-7-5-3-2-4-6-7/h1-2,4,6H,3,5,7H2;2-6H,1H3. The number of hydrogen-bond donors (Lipinski definition) is 0. The maximum Gasteiger partial charge on any atom is 0.163 e. The lowest BCUT2D eigenvalue weighted by Crippen LogP contribution is -2.09. The van der Waals surface area contributed by atoms with Crippen molar-refractivity contribution in [1.82, 2.24) is 0 Å². The van der Waals surface area contributed by atoms with E-state index in [1.165, 1.54) is 11.1 Å². The molecule has 0 atom stereocenters. The van der Waals surface area contributed by atoms with Gasteiger partial charge in [-0.15, -0.1) is 0 Å². The Bertz CT molecular complexity index is 514. The van der Waals surface area contributed by atoms with Crippen molar-refractivity contribution in [1.29, 1.82) is 0 Å². The van der Waals surface area contributed by atoms with Crippen LogP contribution in [-0.4, -0.2) is 5.78 Å². The SMILES string of the molecule is Cc1ccccc1.O=C1CCCc2ccccc21. The van der Waals surface area contributed by atoms with E-state index in [1.54, 1.807) is 0 Å². The van der Waals surface area contributed by atoms with Gasteiger partial charge in [0.1, 0.15) is 0 Å². The zero-order valence-electron chi connectivity index (χ0n) is 10.7. The molecule has 0 bridgehead atoms. The predicted octanol–water partition coefficient (Wildman–Crippen LogP) is 4.20. The third-order valence-corrected chi connectivity index (χ3v) is 3.11. The van der Waals surface area contributed by atoms with E-state index in [1.807, 2.05) is 42.5 Å². The van der Waals surface area contributed by atoms with Crippen LogP contribution in [0.1, 0.15) is 34.3 Å². The van der Waals surface area contributed by atoms with Crippen molar-refractivity contribution in [3.8, 4) is 0 Å². The summed E-state index contributed by atoms with van der Waals surface area (Å²) >= 11 is 0. The number of hydrogen-bond acceptors (Lipinski definition) is 1. The van der Waals surface area contributed by atoms with Crippen LogP contribution in [0, 0.1) is 6.92 Å². The molecule has 0 heterocycles. The molecule has 3 rings (SSSR count). The van der Waals surface area contributed by atoms with Crippen LogP contribution < -0.4 is 0 Å². The Labute approximate surface area is 108 Å². The average molecular weight is 238 g/mol. The number of Topliss-reactive ketones (excluding diaryl/α,β-unsaturated/α-hetero) is 1. The van der Waals surface area contributed by atoms with Crippen molar-refractivity contribution < 1.29 is 4.79 Å². The molecule has 0 fully saturated rings. The molecular formula is C17H18O. The topological polar surface area (TPSA) is 17.1 Å². The summed E-state index contributed by atoms with van der Waals surface area (Å²) in [6.45, 7) is 2.08. The van der Waals surface area contributed by atoms with Crippen LogP contribution in [0.4, 0.5) is 0 Å². The van der Waals surface area contributed by atoms with E-state index in [9.17, 15) is 4.79 Å². The van der Waals surface area contributed by atoms with Crippen molar-refractivity contribution in [3.05, 3.63) is 71.3 Å². The van der Waals surface area contributed by atoms with Crippen molar-refractivity contribution in [3.63, 3.8) is 0 Å². The van der Waals surface area contributed by atoms with Crippen LogP contribution in [0.15, 0.2) is 54.6 Å². The molecule has 0 N–H and O–H groups in total. The van der Waals surface area contributed by atoms with Gasteiger partial charge in [-0.2, -0.15) is 0 Å². The highest BCUT2D eigenvalue weighted by atomic mass is 16.1. The molecule has 2 aromatic rings. The first-order valence-corrected chi connectivity index (χ1v) is 6.40. The Morgan fingerprint density at radius 2 is 1.50 bits per heavy atom. The molecule has 0 unspecified atom stereocenters. The predicted molar refractivity (Wildman–Crippen MR) is 74.9 cm³/mol. The lowest BCUT2D eigenvalue weighted by Gasteiger charge is -2.12. The third-order valence-electron chi connectivity index (χ3n) is 3.11. The molecule has 0 saturated heterocycles. The molecule has 1 nitrogen and oxygen atoms in total. The summed E-state index contributed by atoms with van der Waals surface area (Å²) in [6, 6.07) is 18.2. The monoisotopic (exact) mass is 238 g/mol. The first-order chi connectivity index (χ1) is 8.77. The highest BCUT2D eigenvalue weighted by Gasteiger charge is 2.14. The van der Waals surface area contributed by atoms with Crippen LogP contribution in [0.5, 0.6) is 0 Å². The third kappa shape index (κ3) is 3.30. The van der Waals surface area contributed by atoms with E-state index < -0.39 is 0 Å². The Kier molecular flexibility index (Phi) is 4.30. The van der Waals surface area contributed by atoms with E-state index in [2.05, 4.69) is 19.1 Å². The van der Waals surface area contributed by atoms with Crippen molar-refractivity contribution in [2.75, 3.05) is 0 Å². The van der Waals surface area contributed by atoms with E-state index in [0.29, 0.717) is 5.78 Å². The summed E-state index contributed by atoms with van der Waals surface area (Å²) in [5.74, 6) is 0.312. The van der Waals surface area contributed by atoms with Crippen LogP contribution in [0.25, 0.3) is 0 Å². The van der Waals surface area contributed by atoms with Gasteiger partial charge in [0.15, 0.2) is 5.78 Å². The van der Waals surface area contributed by atoms with Gasteiger partial charge in [-0.05, 0) is 25.3 Å². The number of ketones is 1. The molecular weight excluding hydrogens is 220 g/mol. The van der Waals surface area contributed by atoms with Crippen LogP contribution >= 0.6 is 0 Å². The number of aryl methyl sites for hydroxylation is 2. The van der Waals surface area contributed by atoms with Crippen molar-refractivity contribution in [2.24, 2.45) is 0 Å². The summed E-state index contributed by atoms with van der Waals surface area (Å²) in [6.07, 6.45) is 2.83. The molecule has 0 aliphatic heterocycles. The Balaban J connectivity index is 0.000000149. The number of benzene rings is 2. The fraction of sp³-hybridized carbons (Fsp3) is 0.235. The van der Waals surface area contributed by atoms with Gasteiger partial charge in [0.05, 0.1) is 0 Å². The highest BCUT2D eigenvalue weighted by Crippen LogP contribution is 2.19. The average Bonchev–Trinajstić information content (AvgIpc) is 2.41. The molecule has 0 amide bonds. The molecule has 92 valence electrons. The summed E-state index contributed by atoms with van der Waals surface area (Å²) in [5, 5.41) is 0. The van der Waals surface area contributed by atoms with E-state index >= 15 is 0 Å². The second kappa shape index (κ2) is 6.15. The zero-order valence-corrected chi connectivity index (χ0v) is 10.7. The molecule has 1 heteroatoms. The van der Waals surface area contributed by atoms with E-state index in [4.69, 9.17) is 0 Å². The molecule has 1 aliphatic rings. The highest BCUT2D eigenvalue weighted by molar-refractivity contribution is 5.98. The molecule has 18 heavy (non-hydrogen) atoms. The van der Waals surface area contributed by atoms with Gasteiger partial charge < -0.3 is 0 Å². The Morgan fingerprint density at radius 1 is 0.833 bits per heavy atom. The van der Waals surface area contributed by atoms with Gasteiger partial charge in [0.25, 0.3) is 0 Å². The maximum absolute atomic E-state index is 11.3. The summed E-state index contributed by atoms with van der Waals surface area (Å²) in [5.41, 5.74) is 3.49. The van der Waals surface area contributed by atoms with Crippen LogP contribution in [0.2, 0.25) is 0 Å². The first-order valence-electron chi connectivity index (χ1n) is 6.40. The largest absolute Gasteiger partial charge is 0.294 e. The molecule has 0 aromatic heterocycles. The van der Waals surface area contributed by atoms with Crippen molar-refractivity contribution in [2.45, 2.75) is 26.2 Å². The van der Waals surface area contributed by atoms with E-state index in [-0.39, 0.29) is 0 Å². The van der Waals surface area contributed by atoms with Gasteiger partial charge in [-0.1, -0.05) is 60.2 Å². The second-order valence-electron chi connectivity index (χ2n) is 4.59. The van der Waals surface area contributed by atoms with Gasteiger partial charge in [0.2, 0.25) is 0 Å².